The molecule has 2 rings (SSSR count). The second kappa shape index (κ2) is 12.4. The number of carbonyl (C=O) groups is 4. The molecule has 1 aliphatic rings. The second-order valence-corrected chi connectivity index (χ2v) is 7.10. The van der Waals surface area contributed by atoms with Crippen LogP contribution in [0.1, 0.15) is 24.8 Å². The smallest absolute Gasteiger partial charge is 0.328 e. The number of benzene rings is 1. The van der Waals surface area contributed by atoms with Crippen LogP contribution in [0.4, 0.5) is 13.2 Å². The van der Waals surface area contributed by atoms with Gasteiger partial charge >= 0.3 is 11.9 Å². The highest BCUT2D eigenvalue weighted by Crippen LogP contribution is 2.24. The summed E-state index contributed by atoms with van der Waals surface area (Å²) in [6.45, 7) is 0.871. The Morgan fingerprint density at radius 2 is 1.50 bits per heavy atom. The highest BCUT2D eigenvalue weighted by molar-refractivity contribution is 5.96. The topological polar surface area (TPSA) is 164 Å². The predicted molar refractivity (Wildman–Crippen MR) is 106 cm³/mol. The van der Waals surface area contributed by atoms with E-state index in [-0.39, 0.29) is 30.2 Å². The Bertz CT molecular complexity index is 870. The third kappa shape index (κ3) is 9.16. The molecule has 9 nitrogen and oxygen atoms in total. The third-order valence-electron chi connectivity index (χ3n) is 4.74. The van der Waals surface area contributed by atoms with Crippen LogP contribution >= 0.6 is 0 Å². The van der Waals surface area contributed by atoms with Gasteiger partial charge in [0.15, 0.2) is 11.6 Å². The van der Waals surface area contributed by atoms with Gasteiger partial charge in [0.2, 0.25) is 11.8 Å². The van der Waals surface area contributed by atoms with Crippen molar-refractivity contribution >= 4 is 23.8 Å². The van der Waals surface area contributed by atoms with Crippen LogP contribution < -0.4 is 11.5 Å². The number of carboxylic acid groups (broad SMARTS) is 2. The first-order valence-corrected chi connectivity index (χ1v) is 9.49. The lowest BCUT2D eigenvalue weighted by atomic mass is 9.86. The van der Waals surface area contributed by atoms with Gasteiger partial charge < -0.3 is 26.6 Å². The van der Waals surface area contributed by atoms with Gasteiger partial charge in [-0.25, -0.2) is 22.8 Å². The van der Waals surface area contributed by atoms with Crippen molar-refractivity contribution in [3.63, 3.8) is 0 Å². The quantitative estimate of drug-likeness (QED) is 0.266. The summed E-state index contributed by atoms with van der Waals surface area (Å²) < 4.78 is 39.9. The molecule has 1 saturated heterocycles. The number of hydrogen-bond donors (Lipinski definition) is 4. The first-order chi connectivity index (χ1) is 14.9. The molecule has 1 atom stereocenters. The van der Waals surface area contributed by atoms with E-state index in [9.17, 15) is 32.3 Å². The number of nitrogens with zero attached hydrogens (tertiary/aromatic N) is 1. The number of carboxylic acids is 2. The number of amides is 2. The summed E-state index contributed by atoms with van der Waals surface area (Å²) >= 11 is 0. The average Bonchev–Trinajstić information content (AvgIpc) is 2.70. The summed E-state index contributed by atoms with van der Waals surface area (Å²) in [6.07, 6.45) is 2.07. The SMILES string of the molecule is NC(=O)CC(=O)N1CCC([C@H](N)Cc2cc(F)c(F)cc2F)CC1.O=C(O)/C=C\C(=O)O. The summed E-state index contributed by atoms with van der Waals surface area (Å²) in [5.74, 6) is -6.64. The van der Waals surface area contributed by atoms with Gasteiger partial charge in [-0.05, 0) is 36.8 Å². The zero-order chi connectivity index (χ0) is 24.4. The minimum atomic E-state index is -1.26. The Morgan fingerprint density at radius 1 is 1.00 bits per heavy atom. The number of piperidine rings is 1. The van der Waals surface area contributed by atoms with E-state index in [0.717, 1.165) is 6.07 Å². The number of halogens is 3. The number of hydrogen-bond acceptors (Lipinski definition) is 5. The molecule has 0 spiro atoms. The largest absolute Gasteiger partial charge is 0.478 e. The fraction of sp³-hybridized carbons (Fsp3) is 0.400. The van der Waals surface area contributed by atoms with E-state index in [4.69, 9.17) is 21.7 Å². The standard InChI is InChI=1S/C16H20F3N3O2.C4H4O4/c17-11-7-13(19)12(18)5-10(11)6-14(20)9-1-3-22(4-2-9)16(24)8-15(21)23;5-3(6)1-2-4(7)8/h5,7,9,14H,1-4,6,8,20H2,(H2,21,23);1-2H,(H,5,6)(H,7,8)/b;2-1-/t14-;/m1./s1. The van der Waals surface area contributed by atoms with Crippen molar-refractivity contribution in [2.75, 3.05) is 13.1 Å². The lowest BCUT2D eigenvalue weighted by Crippen LogP contribution is -2.45. The van der Waals surface area contributed by atoms with Crippen molar-refractivity contribution in [2.24, 2.45) is 17.4 Å². The Labute approximate surface area is 181 Å². The molecule has 0 unspecified atom stereocenters. The van der Waals surface area contributed by atoms with Gasteiger partial charge in [0, 0.05) is 37.3 Å². The van der Waals surface area contributed by atoms with Crippen molar-refractivity contribution in [1.29, 1.82) is 0 Å². The number of rotatable bonds is 7. The van der Waals surface area contributed by atoms with Crippen LogP contribution in [0.5, 0.6) is 0 Å². The van der Waals surface area contributed by atoms with Crippen molar-refractivity contribution < 1.29 is 42.6 Å². The van der Waals surface area contributed by atoms with Crippen molar-refractivity contribution in [3.05, 3.63) is 47.3 Å². The van der Waals surface area contributed by atoms with Crippen LogP contribution in [0, 0.1) is 23.4 Å². The maximum atomic E-state index is 13.7. The highest BCUT2D eigenvalue weighted by atomic mass is 19.2. The van der Waals surface area contributed by atoms with Crippen LogP contribution in [0.25, 0.3) is 0 Å². The van der Waals surface area contributed by atoms with Crippen LogP contribution in [0.15, 0.2) is 24.3 Å². The Hall–Kier alpha value is -3.41. The zero-order valence-electron chi connectivity index (χ0n) is 17.0. The van der Waals surface area contributed by atoms with Gasteiger partial charge in [-0.15, -0.1) is 0 Å². The van der Waals surface area contributed by atoms with Crippen molar-refractivity contribution in [3.8, 4) is 0 Å². The van der Waals surface area contributed by atoms with Gasteiger partial charge in [-0.2, -0.15) is 0 Å². The Kier molecular flexibility index (Phi) is 10.4. The lowest BCUT2D eigenvalue weighted by Gasteiger charge is -2.34. The molecule has 176 valence electrons. The number of primary amides is 1. The van der Waals surface area contributed by atoms with E-state index >= 15 is 0 Å². The van der Waals surface area contributed by atoms with Gasteiger partial charge in [0.1, 0.15) is 12.2 Å². The van der Waals surface area contributed by atoms with Crippen LogP contribution in [0.3, 0.4) is 0 Å². The molecule has 1 heterocycles. The first-order valence-electron chi connectivity index (χ1n) is 9.49. The molecule has 1 fully saturated rings. The van der Waals surface area contributed by atoms with E-state index in [1.165, 1.54) is 0 Å². The summed E-state index contributed by atoms with van der Waals surface area (Å²) in [4.78, 5) is 43.2. The maximum Gasteiger partial charge on any atom is 0.328 e. The molecule has 0 saturated carbocycles. The molecule has 0 bridgehead atoms. The second-order valence-electron chi connectivity index (χ2n) is 7.10. The summed E-state index contributed by atoms with van der Waals surface area (Å²) in [5.41, 5.74) is 11.1. The summed E-state index contributed by atoms with van der Waals surface area (Å²) in [6, 6.07) is 0.913. The summed E-state index contributed by atoms with van der Waals surface area (Å²) in [7, 11) is 0. The van der Waals surface area contributed by atoms with Gasteiger partial charge in [-0.1, -0.05) is 0 Å². The summed E-state index contributed by atoms with van der Waals surface area (Å²) in [5, 5.41) is 15.6. The molecule has 2 amide bonds. The fourth-order valence-electron chi connectivity index (χ4n) is 3.12. The number of carbonyl (C=O) groups excluding carboxylic acids is 2. The molecule has 0 aliphatic carbocycles. The van der Waals surface area contributed by atoms with E-state index in [1.807, 2.05) is 0 Å². The van der Waals surface area contributed by atoms with Crippen LogP contribution in [-0.4, -0.2) is 58.0 Å². The Morgan fingerprint density at radius 3 is 1.97 bits per heavy atom. The molecule has 1 aromatic rings. The molecular weight excluding hydrogens is 435 g/mol. The molecular formula is C20H24F3N3O6. The van der Waals surface area contributed by atoms with Gasteiger partial charge in [0.25, 0.3) is 0 Å². The zero-order valence-corrected chi connectivity index (χ0v) is 17.0. The molecule has 12 heteroatoms. The molecule has 0 radical (unpaired) electrons. The van der Waals surface area contributed by atoms with Crippen molar-refractivity contribution in [2.45, 2.75) is 31.7 Å². The number of likely N-dealkylation sites (tertiary alicyclic amines) is 1. The molecule has 1 aliphatic heterocycles. The fourth-order valence-corrected chi connectivity index (χ4v) is 3.12. The van der Waals surface area contributed by atoms with E-state index < -0.39 is 41.3 Å². The lowest BCUT2D eigenvalue weighted by molar-refractivity contribution is -0.136. The van der Waals surface area contributed by atoms with Gasteiger partial charge in [0.05, 0.1) is 0 Å². The van der Waals surface area contributed by atoms with Crippen LogP contribution in [-0.2, 0) is 25.6 Å². The van der Waals surface area contributed by atoms with Crippen LogP contribution in [0.2, 0.25) is 0 Å². The first kappa shape index (κ1) is 26.6. The normalized spacial score (nSPS) is 15.1. The minimum Gasteiger partial charge on any atom is -0.478 e. The highest BCUT2D eigenvalue weighted by Gasteiger charge is 2.28. The third-order valence-corrected chi connectivity index (χ3v) is 4.74. The average molecular weight is 459 g/mol. The monoisotopic (exact) mass is 459 g/mol. The Balaban J connectivity index is 0.000000547. The molecule has 0 aromatic heterocycles. The van der Waals surface area contributed by atoms with E-state index in [1.54, 1.807) is 4.90 Å². The minimum absolute atomic E-state index is 0.0233. The number of aliphatic carboxylic acids is 2. The predicted octanol–water partition coefficient (Wildman–Crippen LogP) is 0.800. The van der Waals surface area contributed by atoms with E-state index in [0.29, 0.717) is 44.1 Å². The maximum absolute atomic E-state index is 13.7. The molecule has 32 heavy (non-hydrogen) atoms. The van der Waals surface area contributed by atoms with Crippen molar-refractivity contribution in [1.82, 2.24) is 4.90 Å². The molecule has 1 aromatic carbocycles. The molecule has 6 N–H and O–H groups in total. The van der Waals surface area contributed by atoms with E-state index in [2.05, 4.69) is 0 Å². The number of nitrogens with two attached hydrogens (primary N) is 2. The van der Waals surface area contributed by atoms with Gasteiger partial charge in [-0.3, -0.25) is 9.59 Å².